The summed E-state index contributed by atoms with van der Waals surface area (Å²) in [6, 6.07) is 1.94. The van der Waals surface area contributed by atoms with E-state index < -0.39 is 0 Å². The number of H-pyrrole nitrogens is 1. The van der Waals surface area contributed by atoms with Crippen LogP contribution >= 0.6 is 0 Å². The monoisotopic (exact) mass is 348 g/mol. The van der Waals surface area contributed by atoms with Crippen LogP contribution in [0.25, 0.3) is 0 Å². The number of carbonyl (C=O) groups is 2. The molecule has 2 heterocycles. The number of aromatic nitrogens is 1. The fraction of sp³-hybridized carbons (Fsp3) is 0.611. The Morgan fingerprint density at radius 3 is 2.72 bits per heavy atom. The molecule has 7 heteroatoms. The van der Waals surface area contributed by atoms with Gasteiger partial charge in [-0.3, -0.25) is 14.4 Å². The number of aryl methyl sites for hydroxylation is 2. The molecule has 1 aliphatic heterocycles. The van der Waals surface area contributed by atoms with E-state index in [0.717, 1.165) is 18.7 Å². The predicted molar refractivity (Wildman–Crippen MR) is 96.8 cm³/mol. The molecule has 1 saturated heterocycles. The summed E-state index contributed by atoms with van der Waals surface area (Å²) in [6.45, 7) is 5.53. The Hall–Kier alpha value is -2.15. The molecule has 1 aliphatic rings. The summed E-state index contributed by atoms with van der Waals surface area (Å²) in [7, 11) is 3.97. The van der Waals surface area contributed by atoms with Gasteiger partial charge in [-0.2, -0.15) is 0 Å². The number of nitrogens with zero attached hydrogens (tertiary/aromatic N) is 2. The SMILES string of the molecule is Cc1cc(C)c(C(=O)NCC[C@H]2CCC(=O)N2CCN(C)C)c(=O)[nH]1. The number of aromatic amines is 1. The van der Waals surface area contributed by atoms with Crippen molar-refractivity contribution in [3.63, 3.8) is 0 Å². The number of rotatable bonds is 7. The van der Waals surface area contributed by atoms with Gasteiger partial charge >= 0.3 is 0 Å². The highest BCUT2D eigenvalue weighted by Gasteiger charge is 2.30. The van der Waals surface area contributed by atoms with Gasteiger partial charge in [0, 0.05) is 37.8 Å². The number of carbonyl (C=O) groups excluding carboxylic acids is 2. The maximum absolute atomic E-state index is 12.3. The van der Waals surface area contributed by atoms with Crippen molar-refractivity contribution in [2.75, 3.05) is 33.7 Å². The van der Waals surface area contributed by atoms with Gasteiger partial charge in [-0.25, -0.2) is 0 Å². The first kappa shape index (κ1) is 19.2. The molecule has 138 valence electrons. The van der Waals surface area contributed by atoms with Gasteiger partial charge in [0.2, 0.25) is 5.91 Å². The molecule has 2 amide bonds. The van der Waals surface area contributed by atoms with E-state index in [-0.39, 0.29) is 29.0 Å². The summed E-state index contributed by atoms with van der Waals surface area (Å²) >= 11 is 0. The number of hydrogen-bond donors (Lipinski definition) is 2. The van der Waals surface area contributed by atoms with Gasteiger partial charge in [0.1, 0.15) is 5.56 Å². The molecule has 0 aromatic carbocycles. The summed E-state index contributed by atoms with van der Waals surface area (Å²) in [4.78, 5) is 42.9. The van der Waals surface area contributed by atoms with E-state index in [0.29, 0.717) is 31.5 Å². The van der Waals surface area contributed by atoms with E-state index in [2.05, 4.69) is 15.2 Å². The van der Waals surface area contributed by atoms with Gasteiger partial charge in [0.15, 0.2) is 0 Å². The number of likely N-dealkylation sites (tertiary alicyclic amines) is 1. The molecular formula is C18H28N4O3. The first-order chi connectivity index (χ1) is 11.8. The van der Waals surface area contributed by atoms with Crippen LogP contribution in [0.15, 0.2) is 10.9 Å². The minimum absolute atomic E-state index is 0.158. The van der Waals surface area contributed by atoms with Crippen LogP contribution in [-0.2, 0) is 4.79 Å². The molecule has 0 spiro atoms. The zero-order chi connectivity index (χ0) is 18.6. The van der Waals surface area contributed by atoms with Gasteiger partial charge in [-0.15, -0.1) is 0 Å². The second-order valence-corrected chi connectivity index (χ2v) is 6.97. The summed E-state index contributed by atoms with van der Waals surface area (Å²) in [5, 5.41) is 2.82. The van der Waals surface area contributed by atoms with Gasteiger partial charge in [-0.1, -0.05) is 0 Å². The molecule has 0 bridgehead atoms. The van der Waals surface area contributed by atoms with Gasteiger partial charge in [-0.05, 0) is 52.4 Å². The van der Waals surface area contributed by atoms with Crippen LogP contribution in [0.3, 0.4) is 0 Å². The molecule has 1 atom stereocenters. The Labute approximate surface area is 148 Å². The fourth-order valence-electron chi connectivity index (χ4n) is 3.28. The lowest BCUT2D eigenvalue weighted by atomic mass is 10.1. The van der Waals surface area contributed by atoms with Crippen molar-refractivity contribution in [2.45, 2.75) is 39.2 Å². The van der Waals surface area contributed by atoms with Crippen LogP contribution in [0.1, 0.15) is 40.9 Å². The van der Waals surface area contributed by atoms with Crippen molar-refractivity contribution >= 4 is 11.8 Å². The third kappa shape index (κ3) is 4.92. The Balaban J connectivity index is 1.90. The van der Waals surface area contributed by atoms with Gasteiger partial charge < -0.3 is 20.1 Å². The molecule has 25 heavy (non-hydrogen) atoms. The molecule has 1 aromatic rings. The smallest absolute Gasteiger partial charge is 0.261 e. The van der Waals surface area contributed by atoms with Gasteiger partial charge in [0.05, 0.1) is 0 Å². The number of hydrogen-bond acceptors (Lipinski definition) is 4. The second-order valence-electron chi connectivity index (χ2n) is 6.97. The average molecular weight is 348 g/mol. The molecule has 1 fully saturated rings. The van der Waals surface area contributed by atoms with E-state index in [9.17, 15) is 14.4 Å². The van der Waals surface area contributed by atoms with E-state index in [4.69, 9.17) is 0 Å². The quantitative estimate of drug-likeness (QED) is 0.758. The van der Waals surface area contributed by atoms with Crippen LogP contribution in [0.5, 0.6) is 0 Å². The minimum atomic E-state index is -0.362. The van der Waals surface area contributed by atoms with E-state index in [1.165, 1.54) is 0 Å². The van der Waals surface area contributed by atoms with Crippen LogP contribution in [0.2, 0.25) is 0 Å². The standard InChI is InChI=1S/C18H28N4O3/c1-12-11-13(2)20-18(25)16(12)17(24)19-8-7-14-5-6-15(23)22(14)10-9-21(3)4/h11,14H,5-10H2,1-4H3,(H,19,24)(H,20,25)/t14-/m1/s1. The van der Waals surface area contributed by atoms with Crippen molar-refractivity contribution < 1.29 is 9.59 Å². The molecule has 0 saturated carbocycles. The lowest BCUT2D eigenvalue weighted by Crippen LogP contribution is -2.40. The largest absolute Gasteiger partial charge is 0.352 e. The van der Waals surface area contributed by atoms with E-state index >= 15 is 0 Å². The Bertz CT molecular complexity index is 696. The zero-order valence-electron chi connectivity index (χ0n) is 15.5. The molecule has 1 aromatic heterocycles. The minimum Gasteiger partial charge on any atom is -0.352 e. The maximum atomic E-state index is 12.3. The van der Waals surface area contributed by atoms with Crippen molar-refractivity contribution in [2.24, 2.45) is 0 Å². The summed E-state index contributed by atoms with van der Waals surface area (Å²) in [6.07, 6.45) is 2.10. The molecule has 2 rings (SSSR count). The second kappa shape index (κ2) is 8.29. The molecule has 2 N–H and O–H groups in total. The van der Waals surface area contributed by atoms with E-state index in [1.807, 2.05) is 19.0 Å². The first-order valence-corrected chi connectivity index (χ1v) is 8.72. The van der Waals surface area contributed by atoms with E-state index in [1.54, 1.807) is 19.9 Å². The third-order valence-corrected chi connectivity index (χ3v) is 4.60. The highest BCUT2D eigenvalue weighted by Crippen LogP contribution is 2.20. The Morgan fingerprint density at radius 2 is 2.08 bits per heavy atom. The number of likely N-dealkylation sites (N-methyl/N-ethyl adjacent to an activating group) is 1. The molecule has 7 nitrogen and oxygen atoms in total. The van der Waals surface area contributed by atoms with Crippen molar-refractivity contribution in [3.8, 4) is 0 Å². The zero-order valence-corrected chi connectivity index (χ0v) is 15.5. The summed E-state index contributed by atoms with van der Waals surface area (Å²) in [5.41, 5.74) is 1.21. The Kier molecular flexibility index (Phi) is 6.36. The lowest BCUT2D eigenvalue weighted by Gasteiger charge is -2.26. The number of pyridine rings is 1. The lowest BCUT2D eigenvalue weighted by molar-refractivity contribution is -0.129. The average Bonchev–Trinajstić information content (AvgIpc) is 2.84. The van der Waals surface area contributed by atoms with Crippen molar-refractivity contribution in [1.29, 1.82) is 0 Å². The molecular weight excluding hydrogens is 320 g/mol. The molecule has 0 aliphatic carbocycles. The number of amides is 2. The highest BCUT2D eigenvalue weighted by atomic mass is 16.2. The van der Waals surface area contributed by atoms with Gasteiger partial charge in [0.25, 0.3) is 11.5 Å². The number of nitrogens with one attached hydrogen (secondary N) is 2. The van der Waals surface area contributed by atoms with Crippen molar-refractivity contribution in [3.05, 3.63) is 33.2 Å². The Morgan fingerprint density at radius 1 is 1.36 bits per heavy atom. The topological polar surface area (TPSA) is 85.5 Å². The first-order valence-electron chi connectivity index (χ1n) is 8.72. The summed E-state index contributed by atoms with van der Waals surface area (Å²) < 4.78 is 0. The normalized spacial score (nSPS) is 17.4. The van der Waals surface area contributed by atoms with Crippen molar-refractivity contribution in [1.82, 2.24) is 20.1 Å². The fourth-order valence-corrected chi connectivity index (χ4v) is 3.28. The molecule has 0 radical (unpaired) electrons. The highest BCUT2D eigenvalue weighted by molar-refractivity contribution is 5.95. The third-order valence-electron chi connectivity index (χ3n) is 4.60. The van der Waals surface area contributed by atoms with Crippen LogP contribution in [0, 0.1) is 13.8 Å². The maximum Gasteiger partial charge on any atom is 0.261 e. The van der Waals surface area contributed by atoms with Crippen LogP contribution in [-0.4, -0.2) is 66.4 Å². The van der Waals surface area contributed by atoms with Crippen LogP contribution in [0.4, 0.5) is 0 Å². The van der Waals surface area contributed by atoms with Crippen LogP contribution < -0.4 is 10.9 Å². The predicted octanol–water partition coefficient (Wildman–Crippen LogP) is 0.664. The molecule has 0 unspecified atom stereocenters. The summed E-state index contributed by atoms with van der Waals surface area (Å²) in [5.74, 6) is -0.174.